The summed E-state index contributed by atoms with van der Waals surface area (Å²) in [4.78, 5) is 4.33. The lowest BCUT2D eigenvalue weighted by atomic mass is 10.1. The summed E-state index contributed by atoms with van der Waals surface area (Å²) in [6, 6.07) is 8.31. The van der Waals surface area contributed by atoms with Gasteiger partial charge in [0.05, 0.1) is 20.4 Å². The van der Waals surface area contributed by atoms with E-state index in [0.717, 1.165) is 15.7 Å². The second-order valence-corrected chi connectivity index (χ2v) is 5.16. The smallest absolute Gasteiger partial charge is 0.106 e. The summed E-state index contributed by atoms with van der Waals surface area (Å²) >= 11 is 3.13. The van der Waals surface area contributed by atoms with E-state index in [9.17, 15) is 0 Å². The van der Waals surface area contributed by atoms with Crippen molar-refractivity contribution in [3.05, 3.63) is 29.8 Å². The van der Waals surface area contributed by atoms with Gasteiger partial charge in [0.15, 0.2) is 0 Å². The van der Waals surface area contributed by atoms with Gasteiger partial charge in [0.25, 0.3) is 0 Å². The van der Waals surface area contributed by atoms with Gasteiger partial charge in [0.1, 0.15) is 5.52 Å². The van der Waals surface area contributed by atoms with Gasteiger partial charge in [-0.25, -0.2) is 4.98 Å². The molecule has 0 N–H and O–H groups in total. The van der Waals surface area contributed by atoms with Crippen molar-refractivity contribution in [3.63, 3.8) is 0 Å². The Morgan fingerprint density at radius 1 is 0.875 bits per heavy atom. The maximum Gasteiger partial charge on any atom is 0.106 e. The number of nitrogens with zero attached hydrogens (tertiary/aromatic N) is 3. The molecule has 0 radical (unpaired) electrons. The van der Waals surface area contributed by atoms with Crippen LogP contribution in [0.3, 0.4) is 0 Å². The predicted molar refractivity (Wildman–Crippen MR) is 68.1 cm³/mol. The molecule has 3 nitrogen and oxygen atoms in total. The molecule has 0 aliphatic rings. The Morgan fingerprint density at radius 2 is 1.69 bits per heavy atom. The number of thiazole rings is 1. The fourth-order valence-corrected chi connectivity index (χ4v) is 3.48. The molecule has 0 atom stereocenters. The van der Waals surface area contributed by atoms with E-state index >= 15 is 0 Å². The van der Waals surface area contributed by atoms with Gasteiger partial charge >= 0.3 is 0 Å². The maximum absolute atomic E-state index is 4.33. The van der Waals surface area contributed by atoms with Gasteiger partial charge in [-0.1, -0.05) is 16.6 Å². The topological polar surface area (TPSA) is 38.7 Å². The zero-order valence-corrected chi connectivity index (χ0v) is 9.68. The number of aromatic nitrogens is 3. The highest BCUT2D eigenvalue weighted by Crippen LogP contribution is 2.33. The summed E-state index contributed by atoms with van der Waals surface area (Å²) in [5.74, 6) is 0. The highest BCUT2D eigenvalue weighted by molar-refractivity contribution is 7.18. The summed E-state index contributed by atoms with van der Waals surface area (Å²) < 4.78 is 6.40. The standard InChI is InChI=1S/C11H5N3S2/c1-3-8-10(15-5-12-8)6-2-4-9-11(7(1)6)16-14-13-9/h1-5H. The Balaban J connectivity index is 2.38. The maximum atomic E-state index is 4.33. The van der Waals surface area contributed by atoms with Crippen LogP contribution < -0.4 is 0 Å². The average Bonchev–Trinajstić information content (AvgIpc) is 2.96. The SMILES string of the molecule is c1nc2ccc3c(ccc4nnsc43)c2s1. The molecular weight excluding hydrogens is 238 g/mol. The monoisotopic (exact) mass is 243 g/mol. The Kier molecular flexibility index (Phi) is 1.58. The van der Waals surface area contributed by atoms with Gasteiger partial charge in [-0.15, -0.1) is 16.4 Å². The minimum Gasteiger partial charge on any atom is -0.245 e. The molecule has 0 fully saturated rings. The van der Waals surface area contributed by atoms with E-state index in [4.69, 9.17) is 0 Å². The van der Waals surface area contributed by atoms with Crippen molar-refractivity contribution in [1.29, 1.82) is 0 Å². The van der Waals surface area contributed by atoms with Gasteiger partial charge < -0.3 is 0 Å². The Morgan fingerprint density at radius 3 is 2.62 bits per heavy atom. The molecule has 16 heavy (non-hydrogen) atoms. The molecule has 2 aromatic carbocycles. The quantitative estimate of drug-likeness (QED) is 0.475. The lowest BCUT2D eigenvalue weighted by molar-refractivity contribution is 1.20. The average molecular weight is 243 g/mol. The number of hydrogen-bond acceptors (Lipinski definition) is 5. The van der Waals surface area contributed by atoms with Crippen molar-refractivity contribution in [2.45, 2.75) is 0 Å². The first-order valence-electron chi connectivity index (χ1n) is 4.80. The summed E-state index contributed by atoms with van der Waals surface area (Å²) in [6.07, 6.45) is 0. The van der Waals surface area contributed by atoms with E-state index in [1.54, 1.807) is 11.3 Å². The first-order valence-corrected chi connectivity index (χ1v) is 6.46. The molecule has 0 saturated heterocycles. The number of benzene rings is 2. The number of fused-ring (bicyclic) bond motifs is 5. The fraction of sp³-hybridized carbons (Fsp3) is 0. The molecule has 0 bridgehead atoms. The minimum atomic E-state index is 0.973. The van der Waals surface area contributed by atoms with E-state index in [0.29, 0.717) is 0 Å². The predicted octanol–water partition coefficient (Wildman–Crippen LogP) is 3.45. The molecule has 0 unspecified atom stereocenters. The lowest BCUT2D eigenvalue weighted by Crippen LogP contribution is -1.75. The van der Waals surface area contributed by atoms with Crippen LogP contribution in [0, 0.1) is 0 Å². The molecule has 4 rings (SSSR count). The van der Waals surface area contributed by atoms with Crippen molar-refractivity contribution >= 4 is 54.1 Å². The molecule has 4 aromatic rings. The van der Waals surface area contributed by atoms with E-state index in [1.807, 2.05) is 11.6 Å². The lowest BCUT2D eigenvalue weighted by Gasteiger charge is -1.98. The summed E-state index contributed by atoms with van der Waals surface area (Å²) in [5, 5.41) is 6.57. The van der Waals surface area contributed by atoms with Crippen LogP contribution in [0.25, 0.3) is 31.2 Å². The Labute approximate surface area is 98.5 Å². The molecule has 76 valence electrons. The summed E-state index contributed by atoms with van der Waals surface area (Å²) in [7, 11) is 0. The minimum absolute atomic E-state index is 0.973. The molecule has 0 amide bonds. The molecule has 0 spiro atoms. The Bertz CT molecular complexity index is 746. The molecule has 0 aliphatic carbocycles. The third-order valence-electron chi connectivity index (χ3n) is 2.70. The van der Waals surface area contributed by atoms with Crippen molar-refractivity contribution in [2.75, 3.05) is 0 Å². The molecule has 2 aromatic heterocycles. The Hall–Kier alpha value is -1.59. The van der Waals surface area contributed by atoms with Crippen LogP contribution in [0.4, 0.5) is 0 Å². The molecular formula is C11H5N3S2. The largest absolute Gasteiger partial charge is 0.245 e. The van der Waals surface area contributed by atoms with Crippen LogP contribution in [-0.4, -0.2) is 14.6 Å². The number of rotatable bonds is 0. The van der Waals surface area contributed by atoms with E-state index < -0.39 is 0 Å². The zero-order chi connectivity index (χ0) is 10.5. The van der Waals surface area contributed by atoms with Crippen molar-refractivity contribution in [2.24, 2.45) is 0 Å². The van der Waals surface area contributed by atoms with Crippen LogP contribution >= 0.6 is 22.9 Å². The van der Waals surface area contributed by atoms with E-state index in [1.165, 1.54) is 27.0 Å². The zero-order valence-electron chi connectivity index (χ0n) is 8.04. The third kappa shape index (κ3) is 0.989. The van der Waals surface area contributed by atoms with Crippen LogP contribution in [0.5, 0.6) is 0 Å². The van der Waals surface area contributed by atoms with Gasteiger partial charge in [-0.05, 0) is 23.7 Å². The van der Waals surface area contributed by atoms with Crippen LogP contribution in [0.15, 0.2) is 29.8 Å². The summed E-state index contributed by atoms with van der Waals surface area (Å²) in [6.45, 7) is 0. The van der Waals surface area contributed by atoms with E-state index in [2.05, 4.69) is 32.8 Å². The number of hydrogen-bond donors (Lipinski definition) is 0. The molecule has 0 saturated carbocycles. The van der Waals surface area contributed by atoms with Crippen molar-refractivity contribution in [1.82, 2.24) is 14.6 Å². The van der Waals surface area contributed by atoms with Gasteiger partial charge in [0, 0.05) is 10.8 Å². The molecule has 5 heteroatoms. The third-order valence-corrected chi connectivity index (χ3v) is 4.35. The van der Waals surface area contributed by atoms with Gasteiger partial charge in [-0.2, -0.15) is 0 Å². The second-order valence-electron chi connectivity index (χ2n) is 3.55. The highest BCUT2D eigenvalue weighted by atomic mass is 32.1. The van der Waals surface area contributed by atoms with Crippen molar-refractivity contribution in [3.8, 4) is 0 Å². The summed E-state index contributed by atoms with van der Waals surface area (Å²) in [5.41, 5.74) is 3.93. The molecule has 2 heterocycles. The first-order chi connectivity index (χ1) is 7.93. The normalized spacial score (nSPS) is 11.8. The highest BCUT2D eigenvalue weighted by Gasteiger charge is 2.08. The second kappa shape index (κ2) is 2.96. The van der Waals surface area contributed by atoms with E-state index in [-0.39, 0.29) is 0 Å². The van der Waals surface area contributed by atoms with Crippen LogP contribution in [0.2, 0.25) is 0 Å². The van der Waals surface area contributed by atoms with Crippen LogP contribution in [-0.2, 0) is 0 Å². The first kappa shape index (κ1) is 8.55. The molecule has 0 aliphatic heterocycles. The van der Waals surface area contributed by atoms with Gasteiger partial charge in [0.2, 0.25) is 0 Å². The fourth-order valence-electron chi connectivity index (χ4n) is 1.97. The van der Waals surface area contributed by atoms with Gasteiger partial charge in [-0.3, -0.25) is 0 Å². The van der Waals surface area contributed by atoms with Crippen LogP contribution in [0.1, 0.15) is 0 Å². The van der Waals surface area contributed by atoms with Crippen molar-refractivity contribution < 1.29 is 0 Å².